The van der Waals surface area contributed by atoms with Crippen molar-refractivity contribution in [3.05, 3.63) is 0 Å². The van der Waals surface area contributed by atoms with Gasteiger partial charge in [0, 0.05) is 11.3 Å². The Bertz CT molecular complexity index is 280. The Kier molecular flexibility index (Phi) is 7.12. The van der Waals surface area contributed by atoms with E-state index in [1.807, 2.05) is 6.92 Å². The molecule has 0 radical (unpaired) electrons. The van der Waals surface area contributed by atoms with E-state index in [-0.39, 0.29) is 18.4 Å². The van der Waals surface area contributed by atoms with Crippen molar-refractivity contribution < 1.29 is 14.7 Å². The second-order valence-corrected chi connectivity index (χ2v) is 5.82. The molecule has 1 heterocycles. The first kappa shape index (κ1) is 15.3. The minimum atomic E-state index is -0.867. The van der Waals surface area contributed by atoms with Gasteiger partial charge in [0.1, 0.15) is 0 Å². The highest BCUT2D eigenvalue weighted by Gasteiger charge is 2.17. The minimum absolute atomic E-state index is 0.000253. The Morgan fingerprint density at radius 1 is 1.44 bits per heavy atom. The van der Waals surface area contributed by atoms with Gasteiger partial charge in [-0.3, -0.25) is 9.59 Å². The molecular formula is C12H22N2O3S. The summed E-state index contributed by atoms with van der Waals surface area (Å²) in [6.45, 7) is 3.93. The van der Waals surface area contributed by atoms with Crippen molar-refractivity contribution >= 4 is 23.6 Å². The number of piperidine rings is 1. The number of nitrogens with one attached hydrogen (secondary N) is 2. The van der Waals surface area contributed by atoms with Gasteiger partial charge < -0.3 is 15.7 Å². The van der Waals surface area contributed by atoms with Crippen LogP contribution >= 0.6 is 11.8 Å². The second kappa shape index (κ2) is 8.37. The number of amides is 1. The molecule has 0 aromatic carbocycles. The van der Waals surface area contributed by atoms with E-state index in [1.165, 1.54) is 0 Å². The molecule has 3 N–H and O–H groups in total. The number of rotatable bonds is 7. The third-order valence-corrected chi connectivity index (χ3v) is 4.39. The molecule has 1 rings (SSSR count). The van der Waals surface area contributed by atoms with Crippen LogP contribution in [0.1, 0.15) is 32.6 Å². The van der Waals surface area contributed by atoms with Crippen LogP contribution in [-0.4, -0.2) is 47.1 Å². The van der Waals surface area contributed by atoms with E-state index in [2.05, 4.69) is 10.6 Å². The summed E-state index contributed by atoms with van der Waals surface area (Å²) in [7, 11) is 0. The fourth-order valence-electron chi connectivity index (χ4n) is 1.93. The molecular weight excluding hydrogens is 252 g/mol. The van der Waals surface area contributed by atoms with Gasteiger partial charge in [0.2, 0.25) is 5.91 Å². The maximum Gasteiger partial charge on any atom is 0.305 e. The van der Waals surface area contributed by atoms with Gasteiger partial charge in [-0.2, -0.15) is 0 Å². The Morgan fingerprint density at radius 2 is 2.11 bits per heavy atom. The molecule has 1 aliphatic heterocycles. The number of carbonyl (C=O) groups excluding carboxylic acids is 1. The average molecular weight is 274 g/mol. The zero-order chi connectivity index (χ0) is 13.4. The average Bonchev–Trinajstić information content (AvgIpc) is 2.36. The minimum Gasteiger partial charge on any atom is -0.481 e. The number of aliphatic carboxylic acids is 1. The SMILES string of the molecule is CCC(CC(=O)O)NC(=O)CSC1CCNCC1. The highest BCUT2D eigenvalue weighted by atomic mass is 32.2. The fourth-order valence-corrected chi connectivity index (χ4v) is 2.97. The number of thioether (sulfide) groups is 1. The van der Waals surface area contributed by atoms with E-state index in [9.17, 15) is 9.59 Å². The van der Waals surface area contributed by atoms with Crippen molar-refractivity contribution in [1.29, 1.82) is 0 Å². The molecule has 1 atom stereocenters. The highest BCUT2D eigenvalue weighted by molar-refractivity contribution is 8.00. The lowest BCUT2D eigenvalue weighted by molar-refractivity contribution is -0.137. The van der Waals surface area contributed by atoms with Crippen LogP contribution in [0.4, 0.5) is 0 Å². The third-order valence-electron chi connectivity index (χ3n) is 3.02. The molecule has 0 aliphatic carbocycles. The number of carbonyl (C=O) groups is 2. The lowest BCUT2D eigenvalue weighted by atomic mass is 10.1. The maximum atomic E-state index is 11.7. The molecule has 0 aromatic rings. The first-order valence-electron chi connectivity index (χ1n) is 6.45. The molecule has 0 saturated carbocycles. The predicted molar refractivity (Wildman–Crippen MR) is 72.8 cm³/mol. The molecule has 1 aliphatic rings. The van der Waals surface area contributed by atoms with Crippen LogP contribution in [0.15, 0.2) is 0 Å². The molecule has 0 spiro atoms. The molecule has 104 valence electrons. The Balaban J connectivity index is 2.20. The normalized spacial score (nSPS) is 18.3. The van der Waals surface area contributed by atoms with Crippen LogP contribution in [-0.2, 0) is 9.59 Å². The quantitative estimate of drug-likeness (QED) is 0.641. The first-order chi connectivity index (χ1) is 8.61. The fraction of sp³-hybridized carbons (Fsp3) is 0.833. The van der Waals surface area contributed by atoms with Crippen LogP contribution in [0, 0.1) is 0 Å². The molecule has 1 saturated heterocycles. The van der Waals surface area contributed by atoms with Crippen molar-refractivity contribution in [1.82, 2.24) is 10.6 Å². The lowest BCUT2D eigenvalue weighted by Crippen LogP contribution is -2.38. The van der Waals surface area contributed by atoms with E-state index in [0.29, 0.717) is 17.4 Å². The summed E-state index contributed by atoms with van der Waals surface area (Å²) in [5.74, 6) is -0.486. The Hall–Kier alpha value is -0.750. The van der Waals surface area contributed by atoms with E-state index in [1.54, 1.807) is 11.8 Å². The van der Waals surface area contributed by atoms with Crippen molar-refractivity contribution in [2.75, 3.05) is 18.8 Å². The van der Waals surface area contributed by atoms with Crippen molar-refractivity contribution in [2.24, 2.45) is 0 Å². The molecule has 18 heavy (non-hydrogen) atoms. The number of carboxylic acid groups (broad SMARTS) is 1. The van der Waals surface area contributed by atoms with Gasteiger partial charge in [0.05, 0.1) is 12.2 Å². The summed E-state index contributed by atoms with van der Waals surface area (Å²) in [5, 5.41) is 15.3. The van der Waals surface area contributed by atoms with Gasteiger partial charge >= 0.3 is 5.97 Å². The summed E-state index contributed by atoms with van der Waals surface area (Å²) < 4.78 is 0. The van der Waals surface area contributed by atoms with Crippen LogP contribution < -0.4 is 10.6 Å². The van der Waals surface area contributed by atoms with Gasteiger partial charge in [-0.25, -0.2) is 0 Å². The number of hydrogen-bond donors (Lipinski definition) is 3. The summed E-state index contributed by atoms with van der Waals surface area (Å²) in [4.78, 5) is 22.3. The largest absolute Gasteiger partial charge is 0.481 e. The maximum absolute atomic E-state index is 11.7. The molecule has 1 amide bonds. The van der Waals surface area contributed by atoms with Gasteiger partial charge in [0.15, 0.2) is 0 Å². The zero-order valence-corrected chi connectivity index (χ0v) is 11.6. The zero-order valence-electron chi connectivity index (χ0n) is 10.8. The van der Waals surface area contributed by atoms with Crippen LogP contribution in [0.3, 0.4) is 0 Å². The van der Waals surface area contributed by atoms with E-state index in [0.717, 1.165) is 25.9 Å². The smallest absolute Gasteiger partial charge is 0.305 e. The van der Waals surface area contributed by atoms with Gasteiger partial charge in [-0.05, 0) is 32.4 Å². The first-order valence-corrected chi connectivity index (χ1v) is 7.50. The van der Waals surface area contributed by atoms with Crippen molar-refractivity contribution in [3.8, 4) is 0 Å². The van der Waals surface area contributed by atoms with E-state index in [4.69, 9.17) is 5.11 Å². The van der Waals surface area contributed by atoms with Crippen molar-refractivity contribution in [2.45, 2.75) is 43.9 Å². The van der Waals surface area contributed by atoms with E-state index >= 15 is 0 Å². The second-order valence-electron chi connectivity index (χ2n) is 4.53. The molecule has 0 aromatic heterocycles. The van der Waals surface area contributed by atoms with Gasteiger partial charge in [-0.1, -0.05) is 6.92 Å². The standard InChI is InChI=1S/C12H22N2O3S/c1-2-9(7-12(16)17)14-11(15)8-18-10-3-5-13-6-4-10/h9-10,13H,2-8H2,1H3,(H,14,15)(H,16,17). The molecule has 5 nitrogen and oxygen atoms in total. The topological polar surface area (TPSA) is 78.4 Å². The summed E-state index contributed by atoms with van der Waals surface area (Å²) in [6.07, 6.45) is 2.85. The van der Waals surface area contributed by atoms with Gasteiger partial charge in [-0.15, -0.1) is 11.8 Å². The lowest BCUT2D eigenvalue weighted by Gasteiger charge is -2.22. The number of carboxylic acids is 1. The monoisotopic (exact) mass is 274 g/mol. The van der Waals surface area contributed by atoms with E-state index < -0.39 is 5.97 Å². The summed E-state index contributed by atoms with van der Waals surface area (Å²) in [6, 6.07) is -0.247. The van der Waals surface area contributed by atoms with Crippen LogP contribution in [0.5, 0.6) is 0 Å². The molecule has 1 unspecified atom stereocenters. The third kappa shape index (κ3) is 6.26. The number of hydrogen-bond acceptors (Lipinski definition) is 4. The predicted octanol–water partition coefficient (Wildman–Crippen LogP) is 0.841. The van der Waals surface area contributed by atoms with Crippen molar-refractivity contribution in [3.63, 3.8) is 0 Å². The molecule has 6 heteroatoms. The highest BCUT2D eigenvalue weighted by Crippen LogP contribution is 2.19. The van der Waals surface area contributed by atoms with Crippen LogP contribution in [0.2, 0.25) is 0 Å². The molecule has 0 bridgehead atoms. The Morgan fingerprint density at radius 3 is 2.67 bits per heavy atom. The van der Waals surface area contributed by atoms with Crippen LogP contribution in [0.25, 0.3) is 0 Å². The van der Waals surface area contributed by atoms with Gasteiger partial charge in [0.25, 0.3) is 0 Å². The summed E-state index contributed by atoms with van der Waals surface area (Å²) in [5.41, 5.74) is 0. The Labute approximate surface area is 112 Å². The molecule has 1 fully saturated rings. The summed E-state index contributed by atoms with van der Waals surface area (Å²) >= 11 is 1.68.